The molecule has 0 atom stereocenters. The normalized spacial score (nSPS) is 15.6. The second-order valence-electron chi connectivity index (χ2n) is 4.28. The van der Waals surface area contributed by atoms with Crippen LogP contribution < -0.4 is 5.32 Å². The molecule has 1 aromatic rings. The highest BCUT2D eigenvalue weighted by Crippen LogP contribution is 2.22. The fraction of sp³-hybridized carbons (Fsp3) is 0.500. The van der Waals surface area contributed by atoms with Crippen molar-refractivity contribution in [1.82, 2.24) is 9.88 Å². The number of hydrogen-bond donors (Lipinski definition) is 1. The Balaban J connectivity index is 1.88. The Morgan fingerprint density at radius 1 is 1.33 bits per heavy atom. The third-order valence-corrected chi connectivity index (χ3v) is 3.42. The Bertz CT molecular complexity index is 433. The zero-order valence-electron chi connectivity index (χ0n) is 9.96. The van der Waals surface area contributed by atoms with E-state index >= 15 is 0 Å². The van der Waals surface area contributed by atoms with Crippen LogP contribution in [-0.2, 0) is 4.79 Å². The quantitative estimate of drug-likeness (QED) is 0.930. The third-order valence-electron chi connectivity index (χ3n) is 2.92. The molecule has 0 spiro atoms. The molecule has 1 aliphatic heterocycles. The summed E-state index contributed by atoms with van der Waals surface area (Å²) in [7, 11) is 0. The largest absolute Gasteiger partial charge is 0.360 e. The second kappa shape index (κ2) is 6.25. The Kier molecular flexibility index (Phi) is 4.66. The van der Waals surface area contributed by atoms with Crippen LogP contribution in [-0.4, -0.2) is 35.4 Å². The first-order valence-electron chi connectivity index (χ1n) is 5.99. The van der Waals surface area contributed by atoms with Gasteiger partial charge in [0, 0.05) is 19.3 Å². The number of carbonyl (C=O) groups is 1. The highest BCUT2D eigenvalue weighted by Gasteiger charge is 2.16. The van der Waals surface area contributed by atoms with Crippen molar-refractivity contribution in [2.24, 2.45) is 0 Å². The topological polar surface area (TPSA) is 45.2 Å². The summed E-state index contributed by atoms with van der Waals surface area (Å²) < 4.78 is 0. The maximum atomic E-state index is 11.9. The molecule has 18 heavy (non-hydrogen) atoms. The minimum absolute atomic E-state index is 0.0857. The van der Waals surface area contributed by atoms with Crippen molar-refractivity contribution in [2.75, 3.05) is 25.0 Å². The maximum absolute atomic E-state index is 11.9. The van der Waals surface area contributed by atoms with Crippen LogP contribution in [0.25, 0.3) is 0 Å². The molecule has 0 saturated carbocycles. The van der Waals surface area contributed by atoms with Gasteiger partial charge in [-0.3, -0.25) is 4.79 Å². The predicted molar refractivity (Wildman–Crippen MR) is 73.2 cm³/mol. The highest BCUT2D eigenvalue weighted by atomic mass is 35.5. The van der Waals surface area contributed by atoms with Gasteiger partial charge >= 0.3 is 0 Å². The number of pyridine rings is 1. The van der Waals surface area contributed by atoms with E-state index in [2.05, 4.69) is 10.3 Å². The van der Waals surface area contributed by atoms with Crippen molar-refractivity contribution < 1.29 is 4.79 Å². The summed E-state index contributed by atoms with van der Waals surface area (Å²) in [6, 6.07) is 1.60. The van der Waals surface area contributed by atoms with Gasteiger partial charge in [0.15, 0.2) is 0 Å². The fourth-order valence-corrected chi connectivity index (χ4v) is 2.41. The lowest BCUT2D eigenvalue weighted by atomic mass is 10.1. The Morgan fingerprint density at radius 2 is 2.06 bits per heavy atom. The van der Waals surface area contributed by atoms with Crippen molar-refractivity contribution in [3.63, 3.8) is 0 Å². The van der Waals surface area contributed by atoms with E-state index in [0.29, 0.717) is 15.9 Å². The van der Waals surface area contributed by atoms with Crippen molar-refractivity contribution in [3.8, 4) is 0 Å². The van der Waals surface area contributed by atoms with Crippen LogP contribution in [0.1, 0.15) is 19.3 Å². The van der Waals surface area contributed by atoms with E-state index in [-0.39, 0.29) is 12.5 Å². The molecule has 2 heterocycles. The van der Waals surface area contributed by atoms with E-state index in [0.717, 1.165) is 25.9 Å². The van der Waals surface area contributed by atoms with E-state index in [4.69, 9.17) is 23.2 Å². The van der Waals surface area contributed by atoms with Gasteiger partial charge in [0.25, 0.3) is 0 Å². The molecule has 1 aromatic heterocycles. The van der Waals surface area contributed by atoms with Gasteiger partial charge in [0.05, 0.1) is 16.6 Å². The fourth-order valence-electron chi connectivity index (χ4n) is 1.96. The summed E-state index contributed by atoms with van der Waals surface area (Å²) >= 11 is 11.7. The van der Waals surface area contributed by atoms with Crippen molar-refractivity contribution in [1.29, 1.82) is 0 Å². The molecule has 1 fully saturated rings. The van der Waals surface area contributed by atoms with Crippen LogP contribution in [0.5, 0.6) is 0 Å². The van der Waals surface area contributed by atoms with Gasteiger partial charge in [0.1, 0.15) is 5.82 Å². The van der Waals surface area contributed by atoms with Gasteiger partial charge < -0.3 is 10.2 Å². The minimum Gasteiger partial charge on any atom is -0.360 e. The SMILES string of the molecule is O=C(CNc1ncc(Cl)cc1Cl)N1CCCCC1. The lowest BCUT2D eigenvalue weighted by Crippen LogP contribution is -2.39. The maximum Gasteiger partial charge on any atom is 0.241 e. The van der Waals surface area contributed by atoms with Gasteiger partial charge in [-0.25, -0.2) is 4.98 Å². The summed E-state index contributed by atoms with van der Waals surface area (Å²) in [5.41, 5.74) is 0. The Hall–Kier alpha value is -1.00. The molecule has 1 amide bonds. The molecule has 0 unspecified atom stereocenters. The van der Waals surface area contributed by atoms with Crippen LogP contribution in [0.4, 0.5) is 5.82 Å². The number of nitrogens with zero attached hydrogens (tertiary/aromatic N) is 2. The van der Waals surface area contributed by atoms with Crippen LogP contribution in [0.2, 0.25) is 10.0 Å². The number of nitrogens with one attached hydrogen (secondary N) is 1. The number of halogens is 2. The van der Waals surface area contributed by atoms with Crippen LogP contribution >= 0.6 is 23.2 Å². The van der Waals surface area contributed by atoms with Crippen LogP contribution in [0.3, 0.4) is 0 Å². The molecule has 1 N–H and O–H groups in total. The molecule has 0 aromatic carbocycles. The monoisotopic (exact) mass is 287 g/mol. The molecule has 0 aliphatic carbocycles. The molecule has 6 heteroatoms. The average molecular weight is 288 g/mol. The summed E-state index contributed by atoms with van der Waals surface area (Å²) in [5, 5.41) is 3.85. The van der Waals surface area contributed by atoms with E-state index in [1.807, 2.05) is 4.90 Å². The van der Waals surface area contributed by atoms with Crippen LogP contribution in [0.15, 0.2) is 12.3 Å². The average Bonchev–Trinajstić information content (AvgIpc) is 2.38. The molecule has 0 bridgehead atoms. The number of piperidine rings is 1. The first-order valence-corrected chi connectivity index (χ1v) is 6.75. The van der Waals surface area contributed by atoms with Crippen LogP contribution in [0, 0.1) is 0 Å². The number of carbonyl (C=O) groups excluding carboxylic acids is 1. The van der Waals surface area contributed by atoms with Crippen molar-refractivity contribution in [2.45, 2.75) is 19.3 Å². The van der Waals surface area contributed by atoms with E-state index in [1.54, 1.807) is 6.07 Å². The smallest absolute Gasteiger partial charge is 0.241 e. The van der Waals surface area contributed by atoms with Gasteiger partial charge in [0.2, 0.25) is 5.91 Å². The van der Waals surface area contributed by atoms with Gasteiger partial charge in [-0.15, -0.1) is 0 Å². The third kappa shape index (κ3) is 3.50. The van der Waals surface area contributed by atoms with E-state index in [1.165, 1.54) is 12.6 Å². The summed E-state index contributed by atoms with van der Waals surface area (Å²) in [5.74, 6) is 0.578. The first-order chi connectivity index (χ1) is 8.66. The highest BCUT2D eigenvalue weighted by molar-refractivity contribution is 6.35. The number of likely N-dealkylation sites (tertiary alicyclic amines) is 1. The van der Waals surface area contributed by atoms with Gasteiger partial charge in [-0.05, 0) is 25.3 Å². The Morgan fingerprint density at radius 3 is 2.72 bits per heavy atom. The van der Waals surface area contributed by atoms with E-state index < -0.39 is 0 Å². The standard InChI is InChI=1S/C12H15Cl2N3O/c13-9-6-10(14)12(15-7-9)16-8-11(18)17-4-2-1-3-5-17/h6-7H,1-5,8H2,(H,15,16). The number of amides is 1. The Labute approximate surface area is 116 Å². The number of anilines is 1. The second-order valence-corrected chi connectivity index (χ2v) is 5.12. The number of hydrogen-bond acceptors (Lipinski definition) is 3. The molecular formula is C12H15Cl2N3O. The summed E-state index contributed by atoms with van der Waals surface area (Å²) in [6.07, 6.45) is 4.89. The first kappa shape index (κ1) is 13.4. The van der Waals surface area contributed by atoms with Gasteiger partial charge in [-0.1, -0.05) is 23.2 Å². The molecule has 0 radical (unpaired) electrons. The van der Waals surface area contributed by atoms with Crippen molar-refractivity contribution >= 4 is 34.9 Å². The van der Waals surface area contributed by atoms with Gasteiger partial charge in [-0.2, -0.15) is 0 Å². The lowest BCUT2D eigenvalue weighted by molar-refractivity contribution is -0.130. The summed E-state index contributed by atoms with van der Waals surface area (Å²) in [4.78, 5) is 17.8. The minimum atomic E-state index is 0.0857. The zero-order valence-corrected chi connectivity index (χ0v) is 11.5. The molecule has 1 saturated heterocycles. The summed E-state index contributed by atoms with van der Waals surface area (Å²) in [6.45, 7) is 1.92. The molecule has 1 aliphatic rings. The molecular weight excluding hydrogens is 273 g/mol. The zero-order chi connectivity index (χ0) is 13.0. The van der Waals surface area contributed by atoms with E-state index in [9.17, 15) is 4.79 Å². The number of aromatic nitrogens is 1. The number of rotatable bonds is 3. The predicted octanol–water partition coefficient (Wildman–Crippen LogP) is 2.81. The molecule has 4 nitrogen and oxygen atoms in total. The molecule has 98 valence electrons. The lowest BCUT2D eigenvalue weighted by Gasteiger charge is -2.26. The molecule has 2 rings (SSSR count). The van der Waals surface area contributed by atoms with Crippen molar-refractivity contribution in [3.05, 3.63) is 22.3 Å².